The number of hydrogen-bond donors (Lipinski definition) is 0. The lowest BCUT2D eigenvalue weighted by Crippen LogP contribution is -1.96. The molecule has 0 unspecified atom stereocenters. The van der Waals surface area contributed by atoms with E-state index in [1.165, 1.54) is 21.3 Å². The van der Waals surface area contributed by atoms with E-state index in [4.69, 9.17) is 0 Å². The van der Waals surface area contributed by atoms with Crippen molar-refractivity contribution < 1.29 is 0 Å². The monoisotopic (exact) mass is 332 g/mol. The maximum Gasteiger partial charge on any atom is 0.0116 e. The molecule has 15 heavy (non-hydrogen) atoms. The number of halogens is 1. The summed E-state index contributed by atoms with van der Waals surface area (Å²) < 4.78 is 1.24. The van der Waals surface area contributed by atoms with E-state index in [1.807, 2.05) is 11.8 Å². The number of rotatable bonds is 5. The van der Waals surface area contributed by atoms with Crippen LogP contribution in [0, 0.1) is 5.92 Å². The van der Waals surface area contributed by atoms with Crippen LogP contribution in [0.25, 0.3) is 0 Å². The molecule has 0 saturated carbocycles. The molecule has 0 aliphatic heterocycles. The van der Waals surface area contributed by atoms with Crippen molar-refractivity contribution in [3.8, 4) is 0 Å². The van der Waals surface area contributed by atoms with Crippen LogP contribution >= 0.6 is 34.4 Å². The Labute approximate surface area is 111 Å². The third-order valence-corrected chi connectivity index (χ3v) is 4.10. The summed E-state index contributed by atoms with van der Waals surface area (Å²) in [4.78, 5) is 1.32. The van der Waals surface area contributed by atoms with Crippen molar-refractivity contribution in [3.63, 3.8) is 0 Å². The molecule has 0 nitrogen and oxygen atoms in total. The molecular weight excluding hydrogens is 315 g/mol. The second-order valence-corrected chi connectivity index (χ2v) is 5.69. The topological polar surface area (TPSA) is 0 Å². The average molecular weight is 332 g/mol. The number of allylic oxidation sites excluding steroid dienone is 1. The zero-order valence-electron chi connectivity index (χ0n) is 9.24. The lowest BCUT2D eigenvalue weighted by atomic mass is 10.0. The minimum absolute atomic E-state index is 0.707. The fourth-order valence-electron chi connectivity index (χ4n) is 1.17. The highest BCUT2D eigenvalue weighted by atomic mass is 127. The molecule has 2 heteroatoms. The molecule has 0 aliphatic rings. The second-order valence-electron chi connectivity index (χ2n) is 3.67. The molecule has 0 amide bonds. The van der Waals surface area contributed by atoms with Crippen molar-refractivity contribution in [1.82, 2.24) is 0 Å². The molecule has 1 aromatic carbocycles. The fraction of sp³-hybridized carbons (Fsp3) is 0.385. The van der Waals surface area contributed by atoms with Gasteiger partial charge in [0.15, 0.2) is 0 Å². The molecule has 1 rings (SSSR count). The van der Waals surface area contributed by atoms with Crippen LogP contribution in [0.3, 0.4) is 0 Å². The molecule has 82 valence electrons. The van der Waals surface area contributed by atoms with Gasteiger partial charge in [0.05, 0.1) is 0 Å². The molecule has 0 heterocycles. The lowest BCUT2D eigenvalue weighted by molar-refractivity contribution is 0.669. The smallest absolute Gasteiger partial charge is 0.0116 e. The molecule has 0 fully saturated rings. The third-order valence-electron chi connectivity index (χ3n) is 2.44. The summed E-state index contributed by atoms with van der Waals surface area (Å²) in [5, 5.41) is 2.28. The maximum absolute atomic E-state index is 2.44. The van der Waals surface area contributed by atoms with Crippen molar-refractivity contribution in [2.45, 2.75) is 25.2 Å². The van der Waals surface area contributed by atoms with E-state index in [0.29, 0.717) is 5.92 Å². The van der Waals surface area contributed by atoms with Crippen LogP contribution in [0.4, 0.5) is 0 Å². The van der Waals surface area contributed by atoms with Crippen LogP contribution in [-0.2, 0) is 0 Å². The zero-order valence-corrected chi connectivity index (χ0v) is 12.2. The highest BCUT2D eigenvalue weighted by Gasteiger charge is 2.02. The summed E-state index contributed by atoms with van der Waals surface area (Å²) >= 11 is 4.26. The Kier molecular flexibility index (Phi) is 6.41. The molecular formula is C13H17IS. The van der Waals surface area contributed by atoms with E-state index in [9.17, 15) is 0 Å². The Morgan fingerprint density at radius 1 is 1.40 bits per heavy atom. The molecule has 0 bridgehead atoms. The van der Waals surface area contributed by atoms with Gasteiger partial charge in [0.2, 0.25) is 0 Å². The van der Waals surface area contributed by atoms with Crippen molar-refractivity contribution >= 4 is 34.4 Å². The first-order valence-electron chi connectivity index (χ1n) is 5.18. The van der Waals surface area contributed by atoms with Crippen LogP contribution in [-0.4, -0.2) is 4.43 Å². The standard InChI is InChI=1S/C13H17IS/c1-11(8-9-14)12(2)10-15-13-6-4-3-5-7-13/h3-7,10-11H,8-9H2,1-2H3/b12-10+/t11-/m0/s1. The van der Waals surface area contributed by atoms with E-state index in [0.717, 1.165) is 0 Å². The van der Waals surface area contributed by atoms with Gasteiger partial charge in [-0.2, -0.15) is 0 Å². The van der Waals surface area contributed by atoms with E-state index < -0.39 is 0 Å². The van der Waals surface area contributed by atoms with Crippen molar-refractivity contribution in [3.05, 3.63) is 41.3 Å². The second kappa shape index (κ2) is 7.34. The molecule has 0 N–H and O–H groups in total. The Bertz CT molecular complexity index is 306. The van der Waals surface area contributed by atoms with Gasteiger partial charge in [-0.15, -0.1) is 0 Å². The number of hydrogen-bond acceptors (Lipinski definition) is 1. The molecule has 0 aliphatic carbocycles. The van der Waals surface area contributed by atoms with Gasteiger partial charge in [-0.3, -0.25) is 0 Å². The van der Waals surface area contributed by atoms with E-state index in [2.05, 4.69) is 72.2 Å². The Morgan fingerprint density at radius 3 is 2.67 bits per heavy atom. The molecule has 1 aromatic rings. The summed E-state index contributed by atoms with van der Waals surface area (Å²) in [5.74, 6) is 0.707. The van der Waals surface area contributed by atoms with Crippen molar-refractivity contribution in [2.75, 3.05) is 4.43 Å². The highest BCUT2D eigenvalue weighted by molar-refractivity contribution is 14.1. The first kappa shape index (κ1) is 13.1. The van der Waals surface area contributed by atoms with Gasteiger partial charge in [0.1, 0.15) is 0 Å². The van der Waals surface area contributed by atoms with E-state index in [1.54, 1.807) is 0 Å². The predicted octanol–water partition coefficient (Wildman–Crippen LogP) is 5.14. The van der Waals surface area contributed by atoms with Gasteiger partial charge in [0.25, 0.3) is 0 Å². The quantitative estimate of drug-likeness (QED) is 0.408. The van der Waals surface area contributed by atoms with Crippen LogP contribution < -0.4 is 0 Å². The molecule has 0 spiro atoms. The lowest BCUT2D eigenvalue weighted by Gasteiger charge is -2.09. The first-order chi connectivity index (χ1) is 7.24. The zero-order chi connectivity index (χ0) is 11.1. The third kappa shape index (κ3) is 5.07. The number of thioether (sulfide) groups is 1. The molecule has 1 atom stereocenters. The van der Waals surface area contributed by atoms with E-state index >= 15 is 0 Å². The SMILES string of the molecule is C/C(=C\Sc1ccccc1)[C@@H](C)CCI. The van der Waals surface area contributed by atoms with Gasteiger partial charge in [-0.25, -0.2) is 0 Å². The Morgan fingerprint density at radius 2 is 2.07 bits per heavy atom. The van der Waals surface area contributed by atoms with Crippen molar-refractivity contribution in [2.24, 2.45) is 5.92 Å². The first-order valence-corrected chi connectivity index (χ1v) is 7.59. The van der Waals surface area contributed by atoms with Gasteiger partial charge >= 0.3 is 0 Å². The van der Waals surface area contributed by atoms with Gasteiger partial charge in [-0.05, 0) is 36.8 Å². The Hall–Kier alpha value is 0.0400. The van der Waals surface area contributed by atoms with Gasteiger partial charge in [-0.1, -0.05) is 65.0 Å². The maximum atomic E-state index is 2.44. The van der Waals surface area contributed by atoms with Gasteiger partial charge < -0.3 is 0 Å². The highest BCUT2D eigenvalue weighted by Crippen LogP contribution is 2.24. The number of benzene rings is 1. The minimum atomic E-state index is 0.707. The van der Waals surface area contributed by atoms with Crippen LogP contribution in [0.5, 0.6) is 0 Å². The Balaban J connectivity index is 2.50. The van der Waals surface area contributed by atoms with Crippen molar-refractivity contribution in [1.29, 1.82) is 0 Å². The summed E-state index contributed by atoms with van der Waals surface area (Å²) in [6.07, 6.45) is 1.28. The predicted molar refractivity (Wildman–Crippen MR) is 78.7 cm³/mol. The van der Waals surface area contributed by atoms with Crippen LogP contribution in [0.15, 0.2) is 46.2 Å². The van der Waals surface area contributed by atoms with Gasteiger partial charge in [0, 0.05) is 9.32 Å². The summed E-state index contributed by atoms with van der Waals surface area (Å²) in [7, 11) is 0. The summed E-state index contributed by atoms with van der Waals surface area (Å²) in [6, 6.07) is 10.5. The summed E-state index contributed by atoms with van der Waals surface area (Å²) in [6.45, 7) is 4.53. The fourth-order valence-corrected chi connectivity index (χ4v) is 2.97. The number of alkyl halides is 1. The molecule has 0 aromatic heterocycles. The minimum Gasteiger partial charge on any atom is -0.0981 e. The molecule has 0 saturated heterocycles. The summed E-state index contributed by atoms with van der Waals surface area (Å²) in [5.41, 5.74) is 1.49. The largest absolute Gasteiger partial charge is 0.0981 e. The van der Waals surface area contributed by atoms with Crippen LogP contribution in [0.1, 0.15) is 20.3 Å². The molecule has 0 radical (unpaired) electrons. The normalized spacial score (nSPS) is 13.9. The van der Waals surface area contributed by atoms with Crippen LogP contribution in [0.2, 0.25) is 0 Å². The average Bonchev–Trinajstić information content (AvgIpc) is 2.27. The van der Waals surface area contributed by atoms with E-state index in [-0.39, 0.29) is 0 Å².